The molecule has 29 heavy (non-hydrogen) atoms. The third kappa shape index (κ3) is 3.09. The first-order valence-corrected chi connectivity index (χ1v) is 11.7. The number of rotatable bonds is 2. The molecule has 0 unspecified atom stereocenters. The van der Waals surface area contributed by atoms with Gasteiger partial charge in [0.05, 0.1) is 4.47 Å². The van der Waals surface area contributed by atoms with Crippen molar-refractivity contribution in [1.29, 1.82) is 0 Å². The van der Waals surface area contributed by atoms with Gasteiger partial charge < -0.3 is 9.88 Å². The topological polar surface area (TPSA) is 51.1 Å². The van der Waals surface area contributed by atoms with Crippen LogP contribution in [-0.2, 0) is 38.6 Å². The molecule has 0 atom stereocenters. The third-order valence-corrected chi connectivity index (χ3v) is 7.93. The summed E-state index contributed by atoms with van der Waals surface area (Å²) in [6, 6.07) is 2.36. The second-order valence-corrected chi connectivity index (χ2v) is 9.49. The summed E-state index contributed by atoms with van der Waals surface area (Å²) in [4.78, 5) is 26.7. The molecule has 1 aromatic carbocycles. The number of carbonyl (C=O) groups is 1. The minimum absolute atomic E-state index is 0.169. The van der Waals surface area contributed by atoms with Crippen LogP contribution in [0.15, 0.2) is 15.3 Å². The highest BCUT2D eigenvalue weighted by Crippen LogP contribution is 2.39. The molecule has 1 amide bonds. The highest BCUT2D eigenvalue weighted by Gasteiger charge is 2.28. The van der Waals surface area contributed by atoms with Gasteiger partial charge >= 0.3 is 0 Å². The lowest BCUT2D eigenvalue weighted by Crippen LogP contribution is -2.29. The maximum Gasteiger partial charge on any atom is 0.261 e. The first-order chi connectivity index (χ1) is 14.1. The van der Waals surface area contributed by atoms with Gasteiger partial charge in [0.2, 0.25) is 5.43 Å². The Morgan fingerprint density at radius 1 is 0.966 bits per heavy atom. The van der Waals surface area contributed by atoms with Gasteiger partial charge in [-0.25, -0.2) is 0 Å². The number of aryl methyl sites for hydroxylation is 2. The summed E-state index contributed by atoms with van der Waals surface area (Å²) in [7, 11) is 0. The van der Waals surface area contributed by atoms with Crippen LogP contribution in [0.2, 0.25) is 0 Å². The molecule has 5 heteroatoms. The van der Waals surface area contributed by atoms with E-state index in [0.717, 1.165) is 87.8 Å². The van der Waals surface area contributed by atoms with Crippen molar-refractivity contribution >= 4 is 27.5 Å². The molecule has 1 aromatic heterocycles. The zero-order valence-electron chi connectivity index (χ0n) is 17.0. The van der Waals surface area contributed by atoms with E-state index in [1.54, 1.807) is 0 Å². The minimum Gasteiger partial charge on any atom is -0.347 e. The molecule has 4 nitrogen and oxygen atoms in total. The van der Waals surface area contributed by atoms with Crippen LogP contribution in [0, 0.1) is 6.92 Å². The number of hydrogen-bond donors (Lipinski definition) is 1. The summed E-state index contributed by atoms with van der Waals surface area (Å²) in [5, 5.41) is 3.24. The number of benzene rings is 1. The van der Waals surface area contributed by atoms with Crippen LogP contribution >= 0.6 is 15.9 Å². The summed E-state index contributed by atoms with van der Waals surface area (Å²) in [6.45, 7) is 2.84. The molecule has 1 N–H and O–H groups in total. The fourth-order valence-electron chi connectivity index (χ4n) is 5.54. The van der Waals surface area contributed by atoms with Gasteiger partial charge in [0.1, 0.15) is 5.56 Å². The van der Waals surface area contributed by atoms with Crippen LogP contribution in [0.3, 0.4) is 0 Å². The molecule has 0 spiro atoms. The number of nitrogens with one attached hydrogen (secondary N) is 1. The van der Waals surface area contributed by atoms with Gasteiger partial charge in [0.15, 0.2) is 0 Å². The molecular weight excluding hydrogens is 428 g/mol. The van der Waals surface area contributed by atoms with Crippen molar-refractivity contribution in [2.24, 2.45) is 0 Å². The standard InChI is InChI=1S/C24H27BrN2O2/c1-14-21(25)23(28)20(19-11-3-2-4-12-27(14)19)24(29)26-22-17-9-5-7-15(17)13-16-8-6-10-18(16)22/h13H,2-12H2,1H3,(H,26,29). The summed E-state index contributed by atoms with van der Waals surface area (Å²) in [6.07, 6.45) is 10.6. The molecule has 0 radical (unpaired) electrons. The fourth-order valence-corrected chi connectivity index (χ4v) is 5.95. The van der Waals surface area contributed by atoms with E-state index < -0.39 is 0 Å². The van der Waals surface area contributed by atoms with Crippen molar-refractivity contribution in [3.8, 4) is 0 Å². The van der Waals surface area contributed by atoms with E-state index in [2.05, 4.69) is 31.9 Å². The molecule has 0 fully saturated rings. The van der Waals surface area contributed by atoms with Gasteiger partial charge in [-0.05, 0) is 103 Å². The normalized spacial score (nSPS) is 17.4. The maximum absolute atomic E-state index is 13.5. The summed E-state index contributed by atoms with van der Waals surface area (Å²) < 4.78 is 2.71. The van der Waals surface area contributed by atoms with E-state index in [-0.39, 0.29) is 11.3 Å². The smallest absolute Gasteiger partial charge is 0.261 e. The Balaban J connectivity index is 1.62. The van der Waals surface area contributed by atoms with Crippen LogP contribution in [-0.4, -0.2) is 10.5 Å². The van der Waals surface area contributed by atoms with Gasteiger partial charge in [-0.2, -0.15) is 0 Å². The zero-order valence-corrected chi connectivity index (χ0v) is 18.6. The lowest BCUT2D eigenvalue weighted by Gasteiger charge is -2.21. The summed E-state index contributed by atoms with van der Waals surface area (Å²) in [5.74, 6) is -0.226. The number of hydrogen-bond acceptors (Lipinski definition) is 2. The Morgan fingerprint density at radius 3 is 2.34 bits per heavy atom. The molecule has 2 aromatic rings. The highest BCUT2D eigenvalue weighted by atomic mass is 79.9. The second-order valence-electron chi connectivity index (χ2n) is 8.70. The number of halogens is 1. The van der Waals surface area contributed by atoms with Crippen molar-refractivity contribution in [3.05, 3.63) is 60.0 Å². The Labute approximate surface area is 179 Å². The maximum atomic E-state index is 13.5. The predicted molar refractivity (Wildman–Crippen MR) is 119 cm³/mol. The Kier molecular flexibility index (Phi) is 4.89. The Bertz CT molecular complexity index is 1050. The molecule has 0 saturated carbocycles. The minimum atomic E-state index is -0.226. The highest BCUT2D eigenvalue weighted by molar-refractivity contribution is 9.10. The van der Waals surface area contributed by atoms with E-state index in [1.165, 1.54) is 22.3 Å². The summed E-state index contributed by atoms with van der Waals surface area (Å²) >= 11 is 3.47. The number of fused-ring (bicyclic) bond motifs is 3. The number of nitrogens with zero attached hydrogens (tertiary/aromatic N) is 1. The van der Waals surface area contributed by atoms with E-state index in [9.17, 15) is 9.59 Å². The Hall–Kier alpha value is -1.88. The van der Waals surface area contributed by atoms with Crippen LogP contribution in [0.5, 0.6) is 0 Å². The quantitative estimate of drug-likeness (QED) is 0.702. The molecule has 2 heterocycles. The number of aromatic nitrogens is 1. The van der Waals surface area contributed by atoms with Crippen molar-refractivity contribution in [3.63, 3.8) is 0 Å². The van der Waals surface area contributed by atoms with Gasteiger partial charge in [0, 0.05) is 23.6 Å². The largest absolute Gasteiger partial charge is 0.347 e. The van der Waals surface area contributed by atoms with Crippen LogP contribution in [0.4, 0.5) is 5.69 Å². The SMILES string of the molecule is Cc1c(Br)c(=O)c(C(=O)Nc2c3c(cc4c2CCC4)CCC3)c2n1CCCCC2. The first-order valence-electron chi connectivity index (χ1n) is 11.0. The summed E-state index contributed by atoms with van der Waals surface area (Å²) in [5.41, 5.74) is 8.42. The van der Waals surface area contributed by atoms with Gasteiger partial charge in [-0.15, -0.1) is 0 Å². The average Bonchev–Trinajstić information content (AvgIpc) is 3.30. The van der Waals surface area contributed by atoms with Crippen LogP contribution < -0.4 is 10.7 Å². The van der Waals surface area contributed by atoms with E-state index in [1.807, 2.05) is 6.92 Å². The van der Waals surface area contributed by atoms with Gasteiger partial charge in [0.25, 0.3) is 5.91 Å². The lowest BCUT2D eigenvalue weighted by atomic mass is 9.98. The predicted octanol–water partition coefficient (Wildman–Crippen LogP) is 4.88. The van der Waals surface area contributed by atoms with Crippen molar-refractivity contribution in [2.45, 2.75) is 77.7 Å². The van der Waals surface area contributed by atoms with Crippen molar-refractivity contribution < 1.29 is 4.79 Å². The molecule has 2 aliphatic carbocycles. The van der Waals surface area contributed by atoms with Crippen LogP contribution in [0.1, 0.15) is 76.1 Å². The molecule has 1 aliphatic heterocycles. The number of anilines is 1. The van der Waals surface area contributed by atoms with Crippen LogP contribution in [0.25, 0.3) is 0 Å². The number of pyridine rings is 1. The monoisotopic (exact) mass is 454 g/mol. The Morgan fingerprint density at radius 2 is 1.66 bits per heavy atom. The molecule has 0 bridgehead atoms. The van der Waals surface area contributed by atoms with Gasteiger partial charge in [-0.1, -0.05) is 12.5 Å². The van der Waals surface area contributed by atoms with Crippen molar-refractivity contribution in [2.75, 3.05) is 5.32 Å². The molecular formula is C24H27BrN2O2. The molecule has 5 rings (SSSR count). The molecule has 3 aliphatic rings. The fraction of sp³-hybridized carbons (Fsp3) is 0.500. The average molecular weight is 455 g/mol. The number of carbonyl (C=O) groups excluding carboxylic acids is 1. The second kappa shape index (κ2) is 7.42. The van der Waals surface area contributed by atoms with Crippen molar-refractivity contribution in [1.82, 2.24) is 4.57 Å². The molecule has 152 valence electrons. The van der Waals surface area contributed by atoms with E-state index in [4.69, 9.17) is 0 Å². The zero-order chi connectivity index (χ0) is 20.1. The lowest BCUT2D eigenvalue weighted by molar-refractivity contribution is 0.102. The third-order valence-electron chi connectivity index (χ3n) is 7.00. The van der Waals surface area contributed by atoms with E-state index in [0.29, 0.717) is 10.0 Å². The van der Waals surface area contributed by atoms with E-state index >= 15 is 0 Å². The number of amides is 1. The van der Waals surface area contributed by atoms with Gasteiger partial charge in [-0.3, -0.25) is 9.59 Å². The molecule has 0 saturated heterocycles. The first kappa shape index (κ1) is 19.1.